The Morgan fingerprint density at radius 1 is 1.11 bits per heavy atom. The zero-order valence-electron chi connectivity index (χ0n) is 10.3. The van der Waals surface area contributed by atoms with Crippen molar-refractivity contribution in [3.63, 3.8) is 0 Å². The molecule has 1 unspecified atom stereocenters. The van der Waals surface area contributed by atoms with Gasteiger partial charge in [0.1, 0.15) is 0 Å². The van der Waals surface area contributed by atoms with E-state index in [1.54, 1.807) is 17.4 Å². The minimum Gasteiger partial charge on any atom is -0.323 e. The molecule has 0 aliphatic heterocycles. The van der Waals surface area contributed by atoms with Gasteiger partial charge in [0, 0.05) is 31.4 Å². The van der Waals surface area contributed by atoms with Gasteiger partial charge in [-0.1, -0.05) is 37.0 Å². The second-order valence-electron chi connectivity index (χ2n) is 4.60. The van der Waals surface area contributed by atoms with Crippen LogP contribution in [0.4, 0.5) is 0 Å². The summed E-state index contributed by atoms with van der Waals surface area (Å²) in [7, 11) is 0. The number of thiophene rings is 1. The lowest BCUT2D eigenvalue weighted by Gasteiger charge is -2.12. The van der Waals surface area contributed by atoms with Crippen molar-refractivity contribution in [2.75, 3.05) is 0 Å². The molecule has 4 heteroatoms. The standard InChI is InChI=1S/C14H15Cl2NS/c1-8(2)14(17)13-6-5-12(18-13)10-7-9(15)3-4-11(10)16/h3-8,14H,17H2,1-2H3. The number of benzene rings is 1. The Hall–Kier alpha value is -0.540. The van der Waals surface area contributed by atoms with Gasteiger partial charge in [-0.25, -0.2) is 0 Å². The number of halogens is 2. The summed E-state index contributed by atoms with van der Waals surface area (Å²) in [5, 5.41) is 1.41. The molecular formula is C14H15Cl2NS. The third kappa shape index (κ3) is 2.89. The summed E-state index contributed by atoms with van der Waals surface area (Å²) in [6, 6.07) is 9.70. The van der Waals surface area contributed by atoms with Gasteiger partial charge in [0.05, 0.1) is 0 Å². The molecule has 18 heavy (non-hydrogen) atoms. The lowest BCUT2D eigenvalue weighted by Crippen LogP contribution is -2.14. The van der Waals surface area contributed by atoms with Crippen LogP contribution < -0.4 is 5.73 Å². The van der Waals surface area contributed by atoms with E-state index in [4.69, 9.17) is 28.9 Å². The predicted molar refractivity (Wildman–Crippen MR) is 81.5 cm³/mol. The maximum Gasteiger partial charge on any atom is 0.0493 e. The fraction of sp³-hybridized carbons (Fsp3) is 0.286. The van der Waals surface area contributed by atoms with Gasteiger partial charge in [0.2, 0.25) is 0 Å². The first-order valence-corrected chi connectivity index (χ1v) is 7.37. The monoisotopic (exact) mass is 299 g/mol. The molecular weight excluding hydrogens is 285 g/mol. The fourth-order valence-electron chi connectivity index (χ4n) is 1.69. The summed E-state index contributed by atoms with van der Waals surface area (Å²) in [5.74, 6) is 0.423. The third-order valence-corrected chi connectivity index (χ3v) is 4.65. The highest BCUT2D eigenvalue weighted by Crippen LogP contribution is 2.37. The van der Waals surface area contributed by atoms with Crippen LogP contribution in [0.15, 0.2) is 30.3 Å². The average Bonchev–Trinajstić information content (AvgIpc) is 2.80. The third-order valence-electron chi connectivity index (χ3n) is 2.87. The molecule has 0 aliphatic carbocycles. The maximum absolute atomic E-state index is 6.20. The Labute approximate surface area is 122 Å². The number of rotatable bonds is 3. The first kappa shape index (κ1) is 13.9. The fourth-order valence-corrected chi connectivity index (χ4v) is 3.35. The zero-order chi connectivity index (χ0) is 13.3. The normalized spacial score (nSPS) is 13.0. The first-order valence-electron chi connectivity index (χ1n) is 5.79. The second-order valence-corrected chi connectivity index (χ2v) is 6.55. The van der Waals surface area contributed by atoms with Crippen LogP contribution in [-0.2, 0) is 0 Å². The van der Waals surface area contributed by atoms with Crippen molar-refractivity contribution in [1.82, 2.24) is 0 Å². The van der Waals surface area contributed by atoms with Gasteiger partial charge in [0.25, 0.3) is 0 Å². The highest BCUT2D eigenvalue weighted by Gasteiger charge is 2.14. The highest BCUT2D eigenvalue weighted by molar-refractivity contribution is 7.15. The molecule has 2 N–H and O–H groups in total. The Morgan fingerprint density at radius 2 is 1.83 bits per heavy atom. The molecule has 0 bridgehead atoms. The van der Waals surface area contributed by atoms with E-state index in [0.717, 1.165) is 10.4 Å². The molecule has 0 fully saturated rings. The van der Waals surface area contributed by atoms with Crippen LogP contribution in [0.5, 0.6) is 0 Å². The van der Waals surface area contributed by atoms with Crippen LogP contribution in [0.1, 0.15) is 24.8 Å². The Morgan fingerprint density at radius 3 is 2.50 bits per heavy atom. The van der Waals surface area contributed by atoms with Crippen molar-refractivity contribution in [2.45, 2.75) is 19.9 Å². The summed E-state index contributed by atoms with van der Waals surface area (Å²) < 4.78 is 0. The minimum absolute atomic E-state index is 0.0710. The number of nitrogens with two attached hydrogens (primary N) is 1. The van der Waals surface area contributed by atoms with Crippen molar-refractivity contribution in [1.29, 1.82) is 0 Å². The molecule has 1 aromatic carbocycles. The van der Waals surface area contributed by atoms with Crippen LogP contribution in [0.25, 0.3) is 10.4 Å². The molecule has 1 aromatic heterocycles. The Kier molecular flexibility index (Phi) is 4.33. The summed E-state index contributed by atoms with van der Waals surface area (Å²) in [5.41, 5.74) is 7.12. The Balaban J connectivity index is 2.38. The lowest BCUT2D eigenvalue weighted by molar-refractivity contribution is 0.521. The van der Waals surface area contributed by atoms with E-state index in [9.17, 15) is 0 Å². The molecule has 1 atom stereocenters. The van der Waals surface area contributed by atoms with Gasteiger partial charge in [0.15, 0.2) is 0 Å². The van der Waals surface area contributed by atoms with E-state index < -0.39 is 0 Å². The van der Waals surface area contributed by atoms with Crippen LogP contribution in [0, 0.1) is 5.92 Å². The summed E-state index contributed by atoms with van der Waals surface area (Å²) >= 11 is 13.9. The van der Waals surface area contributed by atoms with Crippen molar-refractivity contribution in [3.05, 3.63) is 45.3 Å². The van der Waals surface area contributed by atoms with Crippen molar-refractivity contribution < 1.29 is 0 Å². The van der Waals surface area contributed by atoms with E-state index in [1.807, 2.05) is 12.1 Å². The Bertz CT molecular complexity index is 548. The molecule has 1 heterocycles. The second kappa shape index (κ2) is 5.62. The van der Waals surface area contributed by atoms with Crippen molar-refractivity contribution in [3.8, 4) is 10.4 Å². The number of hydrogen-bond acceptors (Lipinski definition) is 2. The zero-order valence-corrected chi connectivity index (χ0v) is 12.6. The van der Waals surface area contributed by atoms with Crippen LogP contribution in [0.3, 0.4) is 0 Å². The molecule has 2 rings (SSSR count). The van der Waals surface area contributed by atoms with Crippen LogP contribution in [0.2, 0.25) is 10.0 Å². The van der Waals surface area contributed by atoms with E-state index in [1.165, 1.54) is 4.88 Å². The van der Waals surface area contributed by atoms with E-state index in [2.05, 4.69) is 26.0 Å². The smallest absolute Gasteiger partial charge is 0.0493 e. The average molecular weight is 300 g/mol. The largest absolute Gasteiger partial charge is 0.323 e. The molecule has 0 saturated heterocycles. The lowest BCUT2D eigenvalue weighted by atomic mass is 10.0. The SMILES string of the molecule is CC(C)C(N)c1ccc(-c2cc(Cl)ccc2Cl)s1. The molecule has 0 radical (unpaired) electrons. The van der Waals surface area contributed by atoms with Crippen molar-refractivity contribution >= 4 is 34.5 Å². The summed E-state index contributed by atoms with van der Waals surface area (Å²) in [6.45, 7) is 4.24. The van der Waals surface area contributed by atoms with E-state index >= 15 is 0 Å². The molecule has 0 spiro atoms. The topological polar surface area (TPSA) is 26.0 Å². The van der Waals surface area contributed by atoms with E-state index in [0.29, 0.717) is 16.0 Å². The summed E-state index contributed by atoms with van der Waals surface area (Å²) in [6.07, 6.45) is 0. The molecule has 96 valence electrons. The highest BCUT2D eigenvalue weighted by atomic mass is 35.5. The van der Waals surface area contributed by atoms with Crippen LogP contribution in [-0.4, -0.2) is 0 Å². The molecule has 1 nitrogen and oxygen atoms in total. The summed E-state index contributed by atoms with van der Waals surface area (Å²) in [4.78, 5) is 2.28. The number of hydrogen-bond donors (Lipinski definition) is 1. The molecule has 0 saturated carbocycles. The van der Waals surface area contributed by atoms with Crippen molar-refractivity contribution in [2.24, 2.45) is 11.7 Å². The van der Waals surface area contributed by atoms with Gasteiger partial charge in [-0.05, 0) is 36.2 Å². The quantitative estimate of drug-likeness (QED) is 0.809. The van der Waals surface area contributed by atoms with E-state index in [-0.39, 0.29) is 6.04 Å². The van der Waals surface area contributed by atoms with Gasteiger partial charge >= 0.3 is 0 Å². The van der Waals surface area contributed by atoms with Gasteiger partial charge in [-0.3, -0.25) is 0 Å². The first-order chi connectivity index (χ1) is 8.49. The maximum atomic E-state index is 6.20. The molecule has 0 aliphatic rings. The van der Waals surface area contributed by atoms with Gasteiger partial charge in [-0.2, -0.15) is 0 Å². The predicted octanol–water partition coefficient (Wildman–Crippen LogP) is 5.38. The molecule has 2 aromatic rings. The van der Waals surface area contributed by atoms with Crippen LogP contribution >= 0.6 is 34.5 Å². The van der Waals surface area contributed by atoms with Gasteiger partial charge < -0.3 is 5.73 Å². The minimum atomic E-state index is 0.0710. The molecule has 0 amide bonds. The van der Waals surface area contributed by atoms with Gasteiger partial charge in [-0.15, -0.1) is 11.3 Å².